The summed E-state index contributed by atoms with van der Waals surface area (Å²) >= 11 is 0. The molecule has 0 radical (unpaired) electrons. The molecule has 0 aromatic rings. The van der Waals surface area contributed by atoms with Crippen molar-refractivity contribution in [2.45, 2.75) is 11.6 Å². The second kappa shape index (κ2) is 3.25. The maximum absolute atomic E-state index is 13.0. The summed E-state index contributed by atoms with van der Waals surface area (Å²) in [5.74, 6) is -8.91. The van der Waals surface area contributed by atoms with E-state index in [0.29, 0.717) is 0 Å². The number of hydrogen-bond donors (Lipinski definition) is 0. The van der Waals surface area contributed by atoms with E-state index in [4.69, 9.17) is 0 Å². The lowest BCUT2D eigenvalue weighted by Gasteiger charge is -2.22. The van der Waals surface area contributed by atoms with Gasteiger partial charge in [-0.25, -0.2) is 8.78 Å². The van der Waals surface area contributed by atoms with Gasteiger partial charge in [-0.15, -0.1) is 0 Å². The third kappa shape index (κ3) is 1.33. The van der Waals surface area contributed by atoms with Gasteiger partial charge < -0.3 is 0 Å². The molecule has 0 atom stereocenters. The summed E-state index contributed by atoms with van der Waals surface area (Å²) in [6.07, 6.45) is -1.43. The minimum absolute atomic E-state index is 0.650. The number of allylic oxidation sites excluding steroid dienone is 2. The molecule has 0 heterocycles. The lowest BCUT2D eigenvalue weighted by Crippen LogP contribution is -2.59. The molecule has 16 heavy (non-hydrogen) atoms. The van der Waals surface area contributed by atoms with Gasteiger partial charge in [-0.1, -0.05) is 0 Å². The summed E-state index contributed by atoms with van der Waals surface area (Å²) in [5.41, 5.74) is -4.22. The fraction of sp³-hybridized carbons (Fsp3) is 0.333. The van der Waals surface area contributed by atoms with Crippen LogP contribution in [0.3, 0.4) is 0 Å². The number of alkyl halides is 2. The van der Waals surface area contributed by atoms with Crippen molar-refractivity contribution in [3.63, 3.8) is 0 Å². The summed E-state index contributed by atoms with van der Waals surface area (Å²) in [5, 5.41) is 20.6. The van der Waals surface area contributed by atoms with Crippen LogP contribution in [0, 0.1) is 20.2 Å². The summed E-state index contributed by atoms with van der Waals surface area (Å²) in [6.45, 7) is 0. The van der Waals surface area contributed by atoms with E-state index >= 15 is 0 Å². The van der Waals surface area contributed by atoms with Crippen LogP contribution in [0.4, 0.5) is 17.6 Å². The highest BCUT2D eigenvalue weighted by atomic mass is 19.3. The molecule has 1 aliphatic carbocycles. The molecule has 6 nitrogen and oxygen atoms in total. The first-order chi connectivity index (χ1) is 7.15. The van der Waals surface area contributed by atoms with Gasteiger partial charge in [0.05, 0.1) is 0 Å². The minimum atomic E-state index is -4.76. The van der Waals surface area contributed by atoms with Crippen LogP contribution in [0.15, 0.2) is 23.8 Å². The molecule has 0 N–H and O–H groups in total. The van der Waals surface area contributed by atoms with E-state index in [1.54, 1.807) is 0 Å². The minimum Gasteiger partial charge on any atom is -0.258 e. The lowest BCUT2D eigenvalue weighted by molar-refractivity contribution is -0.801. The van der Waals surface area contributed by atoms with Crippen molar-refractivity contribution >= 4 is 0 Å². The number of hydrogen-bond acceptors (Lipinski definition) is 4. The zero-order valence-electron chi connectivity index (χ0n) is 7.19. The lowest BCUT2D eigenvalue weighted by atomic mass is 9.97. The maximum atomic E-state index is 13.0. The van der Waals surface area contributed by atoms with E-state index < -0.39 is 45.2 Å². The van der Waals surface area contributed by atoms with Crippen LogP contribution in [0.2, 0.25) is 0 Å². The monoisotopic (exact) mass is 242 g/mol. The highest BCUT2D eigenvalue weighted by Gasteiger charge is 2.75. The van der Waals surface area contributed by atoms with Gasteiger partial charge in [-0.2, -0.15) is 8.78 Å². The molecule has 0 saturated carbocycles. The van der Waals surface area contributed by atoms with Gasteiger partial charge >= 0.3 is 11.6 Å². The second-order valence-corrected chi connectivity index (χ2v) is 2.85. The largest absolute Gasteiger partial charge is 0.545 e. The van der Waals surface area contributed by atoms with E-state index in [9.17, 15) is 37.8 Å². The smallest absolute Gasteiger partial charge is 0.258 e. The van der Waals surface area contributed by atoms with E-state index in [0.717, 1.165) is 0 Å². The Morgan fingerprint density at radius 1 is 1.00 bits per heavy atom. The van der Waals surface area contributed by atoms with E-state index in [-0.39, 0.29) is 0 Å². The van der Waals surface area contributed by atoms with Crippen LogP contribution in [0.1, 0.15) is 0 Å². The average Bonchev–Trinajstić information content (AvgIpc) is 2.09. The van der Waals surface area contributed by atoms with Gasteiger partial charge in [-0.3, -0.25) is 20.2 Å². The number of rotatable bonds is 2. The number of halogens is 4. The second-order valence-electron chi connectivity index (χ2n) is 2.85. The molecular formula is C6H2F4N2O4. The fourth-order valence-corrected chi connectivity index (χ4v) is 1.09. The Bertz CT molecular complexity index is 416. The van der Waals surface area contributed by atoms with Crippen LogP contribution in [-0.4, -0.2) is 21.4 Å². The molecule has 0 fully saturated rings. The number of nitro groups is 2. The Morgan fingerprint density at radius 2 is 1.38 bits per heavy atom. The molecule has 1 rings (SSSR count). The molecule has 0 aliphatic heterocycles. The number of nitrogens with zero attached hydrogens (tertiary/aromatic N) is 2. The van der Waals surface area contributed by atoms with Crippen molar-refractivity contribution in [3.05, 3.63) is 44.0 Å². The highest BCUT2D eigenvalue weighted by Crippen LogP contribution is 2.41. The van der Waals surface area contributed by atoms with E-state index in [2.05, 4.69) is 0 Å². The van der Waals surface area contributed by atoms with Crippen LogP contribution < -0.4 is 0 Å². The first kappa shape index (κ1) is 12.1. The van der Waals surface area contributed by atoms with Gasteiger partial charge in [-0.05, 0) is 0 Å². The molecule has 0 unspecified atom stereocenters. The molecule has 1 aliphatic rings. The summed E-state index contributed by atoms with van der Waals surface area (Å²) in [7, 11) is 0. The molecule has 0 spiro atoms. The molecule has 10 heteroatoms. The van der Waals surface area contributed by atoms with Gasteiger partial charge in [0, 0.05) is 6.08 Å². The van der Waals surface area contributed by atoms with E-state index in [1.165, 1.54) is 0 Å². The van der Waals surface area contributed by atoms with Crippen molar-refractivity contribution in [1.29, 1.82) is 0 Å². The molecular weight excluding hydrogens is 240 g/mol. The fourth-order valence-electron chi connectivity index (χ4n) is 1.09. The summed E-state index contributed by atoms with van der Waals surface area (Å²) in [6, 6.07) is 0. The van der Waals surface area contributed by atoms with Gasteiger partial charge in [0.2, 0.25) is 0 Å². The van der Waals surface area contributed by atoms with Crippen LogP contribution in [0.25, 0.3) is 0 Å². The standard InChI is InChI=1S/C6H2F4N2O4/c7-3-1-5(9,10)6(11(13)14,12(15)16)2-4(3)8/h1-2H. The Labute approximate surface area is 84.1 Å². The quantitative estimate of drug-likeness (QED) is 0.318. The molecule has 0 bridgehead atoms. The first-order valence-corrected chi connectivity index (χ1v) is 3.59. The van der Waals surface area contributed by atoms with Crippen molar-refractivity contribution < 1.29 is 27.4 Å². The van der Waals surface area contributed by atoms with Crippen LogP contribution >= 0.6 is 0 Å². The third-order valence-corrected chi connectivity index (χ3v) is 1.91. The zero-order chi connectivity index (χ0) is 12.7. The molecule has 0 saturated heterocycles. The summed E-state index contributed by atoms with van der Waals surface area (Å²) < 4.78 is 51.1. The predicted molar refractivity (Wildman–Crippen MR) is 40.0 cm³/mol. The van der Waals surface area contributed by atoms with Crippen molar-refractivity contribution in [2.75, 3.05) is 0 Å². The molecule has 88 valence electrons. The first-order valence-electron chi connectivity index (χ1n) is 3.59. The average molecular weight is 242 g/mol. The molecule has 0 amide bonds. The SMILES string of the molecule is O=[N+]([O-])C1([N+](=O)[O-])C=C(F)C(F)=CC1(F)F. The zero-order valence-corrected chi connectivity index (χ0v) is 7.19. The van der Waals surface area contributed by atoms with Crippen molar-refractivity contribution in [3.8, 4) is 0 Å². The van der Waals surface area contributed by atoms with Crippen LogP contribution in [-0.2, 0) is 0 Å². The Hall–Kier alpha value is -2.00. The van der Waals surface area contributed by atoms with Gasteiger partial charge in [0.15, 0.2) is 11.7 Å². The highest BCUT2D eigenvalue weighted by molar-refractivity contribution is 5.32. The summed E-state index contributed by atoms with van der Waals surface area (Å²) in [4.78, 5) is 16.7. The predicted octanol–water partition coefficient (Wildman–Crippen LogP) is 1.59. The topological polar surface area (TPSA) is 86.3 Å². The van der Waals surface area contributed by atoms with Gasteiger partial charge in [0.25, 0.3) is 0 Å². The van der Waals surface area contributed by atoms with Crippen molar-refractivity contribution in [2.24, 2.45) is 0 Å². The van der Waals surface area contributed by atoms with Crippen molar-refractivity contribution in [1.82, 2.24) is 0 Å². The normalized spacial score (nSPS) is 22.0. The molecule has 0 aromatic heterocycles. The Kier molecular flexibility index (Phi) is 2.45. The Morgan fingerprint density at radius 3 is 1.75 bits per heavy atom. The maximum Gasteiger partial charge on any atom is 0.545 e. The molecule has 0 aromatic carbocycles. The van der Waals surface area contributed by atoms with E-state index in [1.807, 2.05) is 0 Å². The van der Waals surface area contributed by atoms with Crippen LogP contribution in [0.5, 0.6) is 0 Å². The Balaban J connectivity index is 3.53. The van der Waals surface area contributed by atoms with Gasteiger partial charge in [0.1, 0.15) is 15.9 Å². The third-order valence-electron chi connectivity index (χ3n) is 1.91.